The van der Waals surface area contributed by atoms with Crippen molar-refractivity contribution in [3.63, 3.8) is 0 Å². The Morgan fingerprint density at radius 1 is 1.12 bits per heavy atom. The predicted molar refractivity (Wildman–Crippen MR) is 131 cm³/mol. The van der Waals surface area contributed by atoms with Gasteiger partial charge in [0, 0.05) is 55.2 Å². The van der Waals surface area contributed by atoms with Crippen molar-refractivity contribution in [3.8, 4) is 0 Å². The number of aldehydes is 1. The van der Waals surface area contributed by atoms with E-state index < -0.39 is 0 Å². The third kappa shape index (κ3) is 6.30. The highest BCUT2D eigenvalue weighted by atomic mass is 19.1. The minimum atomic E-state index is -0.274. The Labute approximate surface area is 191 Å². The number of nitrogens with one attached hydrogen (secondary N) is 1. The lowest BCUT2D eigenvalue weighted by Crippen LogP contribution is -2.46. The molecule has 1 aliphatic rings. The molecule has 1 fully saturated rings. The van der Waals surface area contributed by atoms with E-state index in [-0.39, 0.29) is 5.82 Å². The number of halogens is 1. The summed E-state index contributed by atoms with van der Waals surface area (Å²) in [5, 5.41) is 0. The first-order valence-corrected chi connectivity index (χ1v) is 11.7. The van der Waals surface area contributed by atoms with Crippen LogP contribution in [0.3, 0.4) is 0 Å². The molecular weight excluding hydrogens is 403 g/mol. The number of carbonyl (C=O) groups excluding carboxylic acids is 1. The van der Waals surface area contributed by atoms with Crippen LogP contribution in [0.5, 0.6) is 0 Å². The van der Waals surface area contributed by atoms with Gasteiger partial charge in [-0.1, -0.05) is 0 Å². The van der Waals surface area contributed by atoms with Crippen LogP contribution in [0, 0.1) is 19.7 Å². The number of unbranched alkanes of at least 4 members (excludes halogenated alkanes) is 1. The van der Waals surface area contributed by atoms with Gasteiger partial charge in [0.2, 0.25) is 0 Å². The lowest BCUT2D eigenvalue weighted by Gasteiger charge is -2.34. The lowest BCUT2D eigenvalue weighted by atomic mass is 10.0. The number of benzene rings is 1. The van der Waals surface area contributed by atoms with Crippen LogP contribution in [0.2, 0.25) is 0 Å². The molecule has 1 aromatic carbocycles. The van der Waals surface area contributed by atoms with Crippen molar-refractivity contribution in [2.45, 2.75) is 46.5 Å². The molecule has 0 radical (unpaired) electrons. The molecule has 2 aromatic rings. The number of nitrogens with zero attached hydrogens (tertiary/aromatic N) is 2. The van der Waals surface area contributed by atoms with Crippen molar-refractivity contribution in [2.24, 2.45) is 0 Å². The van der Waals surface area contributed by atoms with Gasteiger partial charge in [-0.15, -0.1) is 0 Å². The summed E-state index contributed by atoms with van der Waals surface area (Å²) < 4.78 is 13.7. The monoisotopic (exact) mass is 440 g/mol. The number of aromatic nitrogens is 1. The predicted octanol–water partition coefficient (Wildman–Crippen LogP) is 4.44. The molecule has 6 heteroatoms. The summed E-state index contributed by atoms with van der Waals surface area (Å²) in [6.45, 7) is 12.8. The Balaban J connectivity index is 1.54. The fourth-order valence-electron chi connectivity index (χ4n) is 4.61. The Morgan fingerprint density at radius 3 is 2.44 bits per heavy atom. The van der Waals surface area contributed by atoms with E-state index in [1.165, 1.54) is 29.0 Å². The van der Waals surface area contributed by atoms with Crippen molar-refractivity contribution in [2.75, 3.05) is 45.0 Å². The number of rotatable bonds is 10. The first kappa shape index (κ1) is 24.2. The maximum Gasteiger partial charge on any atom is 0.123 e. The second-order valence-electron chi connectivity index (χ2n) is 8.92. The quantitative estimate of drug-likeness (QED) is 0.326. The third-order valence-electron chi connectivity index (χ3n) is 6.59. The van der Waals surface area contributed by atoms with E-state index in [9.17, 15) is 9.18 Å². The van der Waals surface area contributed by atoms with Crippen LogP contribution in [0.4, 0.5) is 10.1 Å². The molecule has 0 spiro atoms. The first-order valence-electron chi connectivity index (χ1n) is 11.7. The zero-order chi connectivity index (χ0) is 23.1. The highest BCUT2D eigenvalue weighted by molar-refractivity contribution is 5.85. The SMILES string of the molecule is C/C(=C\c1[nH]c(C)c(CCCN2CCN(CCCC=O)CC2)c1C)c1cc(F)ccc1N. The van der Waals surface area contributed by atoms with E-state index in [0.717, 1.165) is 81.6 Å². The summed E-state index contributed by atoms with van der Waals surface area (Å²) in [6, 6.07) is 4.50. The first-order chi connectivity index (χ1) is 15.4. The molecule has 3 rings (SSSR count). The van der Waals surface area contributed by atoms with Gasteiger partial charge in [-0.2, -0.15) is 0 Å². The van der Waals surface area contributed by atoms with E-state index in [1.54, 1.807) is 6.07 Å². The highest BCUT2D eigenvalue weighted by Crippen LogP contribution is 2.27. The van der Waals surface area contributed by atoms with Gasteiger partial charge in [0.05, 0.1) is 0 Å². The fourth-order valence-corrected chi connectivity index (χ4v) is 4.61. The molecule has 1 aliphatic heterocycles. The van der Waals surface area contributed by atoms with Crippen LogP contribution in [-0.4, -0.2) is 60.3 Å². The number of aromatic amines is 1. The Bertz CT molecular complexity index is 942. The third-order valence-corrected chi connectivity index (χ3v) is 6.59. The standard InChI is InChI=1S/C26H37FN4O/c1-19(24-18-22(27)8-9-25(24)28)17-26-20(2)23(21(3)29-26)7-6-11-31-14-12-30(13-15-31)10-4-5-16-32/h8-9,16-18,29H,4-7,10-15,28H2,1-3H3/b19-17+. The summed E-state index contributed by atoms with van der Waals surface area (Å²) in [5.41, 5.74) is 13.2. The lowest BCUT2D eigenvalue weighted by molar-refractivity contribution is -0.108. The summed E-state index contributed by atoms with van der Waals surface area (Å²) >= 11 is 0. The van der Waals surface area contributed by atoms with E-state index in [2.05, 4.69) is 34.7 Å². The van der Waals surface area contributed by atoms with Gasteiger partial charge in [-0.05, 0) is 94.1 Å². The molecule has 0 saturated carbocycles. The number of anilines is 1. The molecule has 2 heterocycles. The average molecular weight is 441 g/mol. The topological polar surface area (TPSA) is 65.4 Å². The molecule has 174 valence electrons. The summed E-state index contributed by atoms with van der Waals surface area (Å²) in [7, 11) is 0. The van der Waals surface area contributed by atoms with Crippen LogP contribution >= 0.6 is 0 Å². The van der Waals surface area contributed by atoms with Gasteiger partial charge in [-0.3, -0.25) is 0 Å². The Hall–Kier alpha value is -2.44. The summed E-state index contributed by atoms with van der Waals surface area (Å²) in [4.78, 5) is 19.0. The smallest absolute Gasteiger partial charge is 0.123 e. The number of carbonyl (C=O) groups is 1. The van der Waals surface area contributed by atoms with Gasteiger partial charge < -0.3 is 25.3 Å². The van der Waals surface area contributed by atoms with Gasteiger partial charge in [0.1, 0.15) is 12.1 Å². The van der Waals surface area contributed by atoms with Crippen LogP contribution < -0.4 is 5.73 Å². The van der Waals surface area contributed by atoms with Crippen molar-refractivity contribution >= 4 is 23.6 Å². The number of hydrogen-bond donors (Lipinski definition) is 2. The number of piperazine rings is 1. The second-order valence-corrected chi connectivity index (χ2v) is 8.92. The number of hydrogen-bond acceptors (Lipinski definition) is 4. The number of H-pyrrole nitrogens is 1. The molecule has 0 atom stereocenters. The average Bonchev–Trinajstić information content (AvgIpc) is 3.04. The molecule has 1 aromatic heterocycles. The largest absolute Gasteiger partial charge is 0.398 e. The number of aryl methyl sites for hydroxylation is 1. The van der Waals surface area contributed by atoms with Gasteiger partial charge in [-0.25, -0.2) is 4.39 Å². The van der Waals surface area contributed by atoms with Crippen LogP contribution in [-0.2, 0) is 11.2 Å². The van der Waals surface area contributed by atoms with Gasteiger partial charge in [0.15, 0.2) is 0 Å². The van der Waals surface area contributed by atoms with Gasteiger partial charge in [0.25, 0.3) is 0 Å². The minimum Gasteiger partial charge on any atom is -0.398 e. The second kappa shape index (κ2) is 11.4. The normalized spacial score (nSPS) is 15.9. The minimum absolute atomic E-state index is 0.274. The molecular formula is C26H37FN4O. The molecule has 0 amide bonds. The fraction of sp³-hybridized carbons (Fsp3) is 0.500. The van der Waals surface area contributed by atoms with Crippen LogP contribution in [0.15, 0.2) is 18.2 Å². The molecule has 32 heavy (non-hydrogen) atoms. The van der Waals surface area contributed by atoms with E-state index in [1.807, 2.05) is 6.92 Å². The molecule has 0 bridgehead atoms. The maximum atomic E-state index is 13.7. The highest BCUT2D eigenvalue weighted by Gasteiger charge is 2.17. The zero-order valence-corrected chi connectivity index (χ0v) is 19.7. The maximum absolute atomic E-state index is 13.7. The van der Waals surface area contributed by atoms with Crippen molar-refractivity contribution < 1.29 is 9.18 Å². The van der Waals surface area contributed by atoms with Crippen molar-refractivity contribution in [3.05, 3.63) is 52.1 Å². The Morgan fingerprint density at radius 2 is 1.78 bits per heavy atom. The Kier molecular flexibility index (Phi) is 8.65. The van der Waals surface area contributed by atoms with E-state index in [0.29, 0.717) is 12.1 Å². The van der Waals surface area contributed by atoms with E-state index >= 15 is 0 Å². The molecule has 3 N–H and O–H groups in total. The molecule has 0 unspecified atom stereocenters. The summed E-state index contributed by atoms with van der Waals surface area (Å²) in [6.07, 6.45) is 6.90. The molecule has 5 nitrogen and oxygen atoms in total. The van der Waals surface area contributed by atoms with Crippen LogP contribution in [0.1, 0.15) is 54.3 Å². The summed E-state index contributed by atoms with van der Waals surface area (Å²) in [5.74, 6) is -0.274. The molecule has 0 aliphatic carbocycles. The van der Waals surface area contributed by atoms with E-state index in [4.69, 9.17) is 5.73 Å². The number of allylic oxidation sites excluding steroid dienone is 1. The molecule has 1 saturated heterocycles. The van der Waals surface area contributed by atoms with Crippen molar-refractivity contribution in [1.82, 2.24) is 14.8 Å². The van der Waals surface area contributed by atoms with Crippen LogP contribution in [0.25, 0.3) is 11.6 Å². The number of nitrogen functional groups attached to an aromatic ring is 1. The van der Waals surface area contributed by atoms with Gasteiger partial charge >= 0.3 is 0 Å². The zero-order valence-electron chi connectivity index (χ0n) is 19.7. The number of nitrogens with two attached hydrogens (primary N) is 1. The van der Waals surface area contributed by atoms with Crippen molar-refractivity contribution in [1.29, 1.82) is 0 Å².